The van der Waals surface area contributed by atoms with Gasteiger partial charge in [-0.25, -0.2) is 0 Å². The molecule has 1 aromatic heterocycles. The van der Waals surface area contributed by atoms with Crippen LogP contribution in [0.5, 0.6) is 0 Å². The van der Waals surface area contributed by atoms with Gasteiger partial charge in [0.15, 0.2) is 0 Å². The van der Waals surface area contributed by atoms with Crippen molar-refractivity contribution >= 4 is 12.7 Å². The first-order valence-electron chi connectivity index (χ1n) is 6.31. The Kier molecular flexibility index (Phi) is 1.51. The highest BCUT2D eigenvalue weighted by Crippen LogP contribution is 2.36. The molecule has 0 amide bonds. The van der Waals surface area contributed by atoms with Gasteiger partial charge in [-0.2, -0.15) is 15.4 Å². The third kappa shape index (κ3) is 1.57. The lowest BCUT2D eigenvalue weighted by Gasteiger charge is -2.32. The van der Waals surface area contributed by atoms with E-state index in [1.54, 1.807) is 0 Å². The maximum absolute atomic E-state index is 7.39. The summed E-state index contributed by atoms with van der Waals surface area (Å²) in [7, 11) is -0.816. The van der Waals surface area contributed by atoms with Crippen molar-refractivity contribution in [2.24, 2.45) is 0 Å². The highest BCUT2D eigenvalue weighted by Gasteiger charge is 2.53. The zero-order valence-corrected chi connectivity index (χ0v) is 9.29. The molecule has 2 rings (SSSR count). The van der Waals surface area contributed by atoms with Crippen LogP contribution in [-0.2, 0) is 9.31 Å². The molecule has 1 aromatic rings. The molecular weight excluding hydrogens is 193 g/mol. The summed E-state index contributed by atoms with van der Waals surface area (Å²) in [6, 6.07) is 0. The standard InChI is InChI=1S/C9H16BN3O2/c1-6-7(12-13-11-6)10-14-8(2,3)9(4,5)15-10/h1-5H3,(H,11,12,13)/i1D3. The van der Waals surface area contributed by atoms with E-state index in [0.717, 1.165) is 0 Å². The molecule has 1 aliphatic heterocycles. The van der Waals surface area contributed by atoms with Crippen molar-refractivity contribution in [3.63, 3.8) is 0 Å². The lowest BCUT2D eigenvalue weighted by Crippen LogP contribution is -2.41. The Hall–Kier alpha value is -0.875. The number of aromatic nitrogens is 3. The first-order chi connectivity index (χ1) is 8.05. The fraction of sp³-hybridized carbons (Fsp3) is 0.778. The van der Waals surface area contributed by atoms with E-state index in [0.29, 0.717) is 0 Å². The molecule has 1 N–H and O–H groups in total. The van der Waals surface area contributed by atoms with Crippen LogP contribution in [0.1, 0.15) is 37.5 Å². The smallest absolute Gasteiger partial charge is 0.398 e. The van der Waals surface area contributed by atoms with E-state index in [2.05, 4.69) is 15.4 Å². The van der Waals surface area contributed by atoms with Crippen molar-refractivity contribution in [3.8, 4) is 0 Å². The number of H-pyrrole nitrogens is 1. The number of hydrogen-bond donors (Lipinski definition) is 1. The Balaban J connectivity index is 2.34. The largest absolute Gasteiger partial charge is 0.518 e. The summed E-state index contributed by atoms with van der Waals surface area (Å²) in [4.78, 5) is 0. The summed E-state index contributed by atoms with van der Waals surface area (Å²) in [6.07, 6.45) is 0. The van der Waals surface area contributed by atoms with Crippen LogP contribution in [0.4, 0.5) is 0 Å². The molecular formula is C9H16BN3O2. The van der Waals surface area contributed by atoms with Crippen LogP contribution in [0.25, 0.3) is 0 Å². The molecule has 1 saturated heterocycles. The molecule has 1 fully saturated rings. The third-order valence-corrected chi connectivity index (χ3v) is 3.05. The van der Waals surface area contributed by atoms with Crippen molar-refractivity contribution in [3.05, 3.63) is 5.69 Å². The molecule has 2 heterocycles. The summed E-state index contributed by atoms with van der Waals surface area (Å²) >= 11 is 0. The first-order valence-corrected chi connectivity index (χ1v) is 4.81. The summed E-state index contributed by atoms with van der Waals surface area (Å²) in [6.45, 7) is 5.22. The average molecular weight is 212 g/mol. The minimum atomic E-state index is -2.34. The van der Waals surface area contributed by atoms with Gasteiger partial charge in [0.2, 0.25) is 0 Å². The van der Waals surface area contributed by atoms with Crippen molar-refractivity contribution in [2.75, 3.05) is 0 Å². The molecule has 0 aliphatic carbocycles. The Morgan fingerprint density at radius 3 is 2.33 bits per heavy atom. The minimum absolute atomic E-state index is 0.110. The second-order valence-corrected chi connectivity index (χ2v) is 4.65. The lowest BCUT2D eigenvalue weighted by atomic mass is 9.83. The molecule has 5 nitrogen and oxygen atoms in total. The molecule has 1 aliphatic rings. The summed E-state index contributed by atoms with van der Waals surface area (Å²) < 4.78 is 33.7. The van der Waals surface area contributed by atoms with Gasteiger partial charge < -0.3 is 9.31 Å². The first kappa shape index (κ1) is 7.41. The predicted molar refractivity (Wildman–Crippen MR) is 56.8 cm³/mol. The van der Waals surface area contributed by atoms with E-state index in [1.165, 1.54) is 0 Å². The van der Waals surface area contributed by atoms with Gasteiger partial charge in [0.05, 0.1) is 16.9 Å². The summed E-state index contributed by atoms with van der Waals surface area (Å²) in [5.41, 5.74) is -1.000. The van der Waals surface area contributed by atoms with Crippen molar-refractivity contribution in [2.45, 2.75) is 45.7 Å². The number of hydrogen-bond acceptors (Lipinski definition) is 4. The maximum atomic E-state index is 7.39. The Bertz CT molecular complexity index is 442. The molecule has 0 radical (unpaired) electrons. The summed E-state index contributed by atoms with van der Waals surface area (Å²) in [5.74, 6) is 0. The second-order valence-electron chi connectivity index (χ2n) is 4.65. The molecule has 0 bridgehead atoms. The molecule has 6 heteroatoms. The minimum Gasteiger partial charge on any atom is -0.398 e. The molecule has 0 saturated carbocycles. The molecule has 82 valence electrons. The van der Waals surface area contributed by atoms with Gasteiger partial charge >= 0.3 is 7.12 Å². The predicted octanol–water partition coefficient (Wildman–Crippen LogP) is 0.412. The van der Waals surface area contributed by atoms with Gasteiger partial charge in [-0.15, -0.1) is 0 Å². The van der Waals surface area contributed by atoms with E-state index in [1.807, 2.05) is 27.7 Å². The van der Waals surface area contributed by atoms with E-state index in [-0.39, 0.29) is 11.3 Å². The Labute approximate surface area is 93.9 Å². The van der Waals surface area contributed by atoms with Gasteiger partial charge in [-0.3, -0.25) is 0 Å². The highest BCUT2D eigenvalue weighted by atomic mass is 16.7. The lowest BCUT2D eigenvalue weighted by molar-refractivity contribution is 0.00578. The zero-order valence-electron chi connectivity index (χ0n) is 12.3. The van der Waals surface area contributed by atoms with Gasteiger partial charge in [0, 0.05) is 4.11 Å². The number of aryl methyl sites for hydroxylation is 1. The maximum Gasteiger partial charge on any atom is 0.518 e. The summed E-state index contributed by atoms with van der Waals surface area (Å²) in [5, 5.41) is 9.84. The van der Waals surface area contributed by atoms with E-state index in [9.17, 15) is 0 Å². The SMILES string of the molecule is [2H]C([2H])([2H])c1n[nH]nc1B1OC(C)(C)C(C)(C)O1. The quantitative estimate of drug-likeness (QED) is 0.685. The van der Waals surface area contributed by atoms with E-state index >= 15 is 0 Å². The molecule has 0 aromatic carbocycles. The number of aromatic amines is 1. The number of rotatable bonds is 1. The highest BCUT2D eigenvalue weighted by molar-refractivity contribution is 6.61. The fourth-order valence-corrected chi connectivity index (χ4v) is 1.36. The van der Waals surface area contributed by atoms with Crippen LogP contribution in [0, 0.1) is 6.85 Å². The zero-order chi connectivity index (χ0) is 13.8. The van der Waals surface area contributed by atoms with E-state index in [4.69, 9.17) is 13.4 Å². The monoisotopic (exact) mass is 212 g/mol. The van der Waals surface area contributed by atoms with Gasteiger partial charge in [0.25, 0.3) is 0 Å². The van der Waals surface area contributed by atoms with Crippen LogP contribution in [0.3, 0.4) is 0 Å². The van der Waals surface area contributed by atoms with Crippen molar-refractivity contribution in [1.29, 1.82) is 0 Å². The van der Waals surface area contributed by atoms with Gasteiger partial charge in [0.1, 0.15) is 5.59 Å². The van der Waals surface area contributed by atoms with Gasteiger partial charge in [-0.05, 0) is 34.5 Å². The van der Waals surface area contributed by atoms with Crippen LogP contribution < -0.4 is 5.59 Å². The molecule has 0 spiro atoms. The van der Waals surface area contributed by atoms with Crippen LogP contribution in [-0.4, -0.2) is 33.7 Å². The number of nitrogens with one attached hydrogen (secondary N) is 1. The average Bonchev–Trinajstić information content (AvgIpc) is 2.68. The third-order valence-electron chi connectivity index (χ3n) is 3.05. The topological polar surface area (TPSA) is 60.0 Å². The molecule has 0 unspecified atom stereocenters. The van der Waals surface area contributed by atoms with Crippen LogP contribution >= 0.6 is 0 Å². The van der Waals surface area contributed by atoms with Gasteiger partial charge in [-0.1, -0.05) is 0 Å². The van der Waals surface area contributed by atoms with E-state index < -0.39 is 25.2 Å². The molecule has 15 heavy (non-hydrogen) atoms. The Morgan fingerprint density at radius 2 is 1.80 bits per heavy atom. The van der Waals surface area contributed by atoms with Crippen LogP contribution in [0.2, 0.25) is 0 Å². The number of nitrogens with zero attached hydrogens (tertiary/aromatic N) is 2. The second kappa shape index (κ2) is 3.06. The van der Waals surface area contributed by atoms with Crippen molar-refractivity contribution < 1.29 is 13.4 Å². The molecule has 0 atom stereocenters. The Morgan fingerprint density at radius 1 is 1.20 bits per heavy atom. The van der Waals surface area contributed by atoms with Crippen molar-refractivity contribution in [1.82, 2.24) is 15.4 Å². The van der Waals surface area contributed by atoms with Crippen LogP contribution in [0.15, 0.2) is 0 Å². The normalized spacial score (nSPS) is 27.2. The fourth-order valence-electron chi connectivity index (χ4n) is 1.36.